The predicted octanol–water partition coefficient (Wildman–Crippen LogP) is 7.85. The molecule has 0 saturated heterocycles. The van der Waals surface area contributed by atoms with Gasteiger partial charge in [-0.1, -0.05) is 84.4 Å². The van der Waals surface area contributed by atoms with Crippen LogP contribution in [0.5, 0.6) is 0 Å². The minimum atomic E-state index is -1.13. The average molecular weight is 662 g/mol. The number of aromatic carboxylic acids is 1. The van der Waals surface area contributed by atoms with Gasteiger partial charge < -0.3 is 21.1 Å². The van der Waals surface area contributed by atoms with E-state index in [-0.39, 0.29) is 33.6 Å². The second-order valence-corrected chi connectivity index (χ2v) is 11.6. The Bertz CT molecular complexity index is 1930. The molecule has 0 radical (unpaired) electrons. The van der Waals surface area contributed by atoms with E-state index in [0.717, 1.165) is 21.6 Å². The number of carbonyl (C=O) groups is 4. The van der Waals surface area contributed by atoms with E-state index >= 15 is 0 Å². The monoisotopic (exact) mass is 661 g/mol. The lowest BCUT2D eigenvalue weighted by atomic mass is 10.0. The molecule has 10 heteroatoms. The van der Waals surface area contributed by atoms with Crippen LogP contribution >= 0.6 is 23.4 Å². The van der Waals surface area contributed by atoms with Crippen LogP contribution in [0.3, 0.4) is 0 Å². The first-order valence-electron chi connectivity index (χ1n) is 14.4. The van der Waals surface area contributed by atoms with E-state index in [0.29, 0.717) is 11.3 Å². The first-order valence-corrected chi connectivity index (χ1v) is 15.7. The molecular formula is C37H28ClN3O5S. The SMILES string of the molecule is O=C(CSc1ccc(NC(=O)/C(=C/c2ccc(-c3ccccc3)cc2)NC(=O)c2ccccc2)cc1)Nc1cc(C(=O)O)ccc1Cl. The summed E-state index contributed by atoms with van der Waals surface area (Å²) in [6.07, 6.45) is 1.62. The van der Waals surface area contributed by atoms with Crippen LogP contribution in [-0.4, -0.2) is 34.6 Å². The van der Waals surface area contributed by atoms with Crippen LogP contribution in [0, 0.1) is 0 Å². The van der Waals surface area contributed by atoms with Crippen LogP contribution in [0.25, 0.3) is 17.2 Å². The summed E-state index contributed by atoms with van der Waals surface area (Å²) in [6, 6.07) is 37.2. The molecule has 5 rings (SSSR count). The van der Waals surface area contributed by atoms with Crippen molar-refractivity contribution < 1.29 is 24.3 Å². The summed E-state index contributed by atoms with van der Waals surface area (Å²) in [5.41, 5.74) is 3.99. The van der Waals surface area contributed by atoms with Gasteiger partial charge in [0.2, 0.25) is 5.91 Å². The molecule has 5 aromatic carbocycles. The van der Waals surface area contributed by atoms with Crippen LogP contribution in [0.1, 0.15) is 26.3 Å². The lowest BCUT2D eigenvalue weighted by Crippen LogP contribution is -2.30. The van der Waals surface area contributed by atoms with Gasteiger partial charge in [0.15, 0.2) is 0 Å². The Morgan fingerprint density at radius 2 is 1.34 bits per heavy atom. The molecule has 0 bridgehead atoms. The van der Waals surface area contributed by atoms with Crippen molar-refractivity contribution in [2.75, 3.05) is 16.4 Å². The van der Waals surface area contributed by atoms with E-state index in [9.17, 15) is 24.3 Å². The number of amides is 3. The third kappa shape index (κ3) is 9.20. The largest absolute Gasteiger partial charge is 0.478 e. The van der Waals surface area contributed by atoms with E-state index in [1.807, 2.05) is 54.6 Å². The van der Waals surface area contributed by atoms with Gasteiger partial charge in [0, 0.05) is 16.1 Å². The number of carboxylic acids is 1. The fourth-order valence-electron chi connectivity index (χ4n) is 4.43. The number of hydrogen-bond donors (Lipinski definition) is 4. The molecule has 234 valence electrons. The summed E-state index contributed by atoms with van der Waals surface area (Å²) in [5.74, 6) is -2.38. The summed E-state index contributed by atoms with van der Waals surface area (Å²) in [7, 11) is 0. The summed E-state index contributed by atoms with van der Waals surface area (Å²) in [6.45, 7) is 0. The smallest absolute Gasteiger partial charge is 0.335 e. The maximum absolute atomic E-state index is 13.4. The summed E-state index contributed by atoms with van der Waals surface area (Å²) in [4.78, 5) is 50.9. The van der Waals surface area contributed by atoms with Gasteiger partial charge in [0.25, 0.3) is 11.8 Å². The van der Waals surface area contributed by atoms with E-state index in [4.69, 9.17) is 11.6 Å². The Labute approximate surface area is 280 Å². The Kier molecular flexibility index (Phi) is 10.9. The van der Waals surface area contributed by atoms with Gasteiger partial charge in [-0.25, -0.2) is 4.79 Å². The first-order chi connectivity index (χ1) is 22.7. The highest BCUT2D eigenvalue weighted by Gasteiger charge is 2.16. The first kappa shape index (κ1) is 32.7. The molecule has 0 aliphatic heterocycles. The summed E-state index contributed by atoms with van der Waals surface area (Å²) < 4.78 is 0. The molecule has 8 nitrogen and oxygen atoms in total. The molecule has 0 heterocycles. The number of halogens is 1. The van der Waals surface area contributed by atoms with Gasteiger partial charge >= 0.3 is 5.97 Å². The quantitative estimate of drug-likeness (QED) is 0.0844. The highest BCUT2D eigenvalue weighted by Crippen LogP contribution is 2.25. The third-order valence-electron chi connectivity index (χ3n) is 6.83. The van der Waals surface area contributed by atoms with Crippen molar-refractivity contribution in [2.24, 2.45) is 0 Å². The standard InChI is InChI=1S/C37H28ClN3O5S/c38-31-20-15-28(37(45)46)22-32(31)40-34(42)23-47-30-18-16-29(17-19-30)39-36(44)33(41-35(43)27-9-5-2-6-10-27)21-24-11-13-26(14-12-24)25-7-3-1-4-8-25/h1-22H,23H2,(H,39,44)(H,40,42)(H,41,43)(H,45,46)/b33-21-. The summed E-state index contributed by atoms with van der Waals surface area (Å²) in [5, 5.41) is 17.6. The molecule has 4 N–H and O–H groups in total. The van der Waals surface area contributed by atoms with Crippen LogP contribution in [0.4, 0.5) is 11.4 Å². The molecule has 0 unspecified atom stereocenters. The number of hydrogen-bond acceptors (Lipinski definition) is 5. The number of carbonyl (C=O) groups excluding carboxylic acids is 3. The maximum atomic E-state index is 13.4. The van der Waals surface area contributed by atoms with E-state index in [1.54, 1.807) is 60.7 Å². The van der Waals surface area contributed by atoms with Crippen molar-refractivity contribution in [3.05, 3.63) is 155 Å². The molecular weight excluding hydrogens is 634 g/mol. The number of rotatable bonds is 11. The molecule has 5 aromatic rings. The highest BCUT2D eigenvalue weighted by atomic mass is 35.5. The number of benzene rings is 5. The van der Waals surface area contributed by atoms with E-state index in [2.05, 4.69) is 16.0 Å². The van der Waals surface area contributed by atoms with Gasteiger partial charge in [-0.05, 0) is 77.4 Å². The van der Waals surface area contributed by atoms with Crippen molar-refractivity contribution >= 4 is 64.5 Å². The molecule has 47 heavy (non-hydrogen) atoms. The van der Waals surface area contributed by atoms with Gasteiger partial charge in [0.1, 0.15) is 5.70 Å². The lowest BCUT2D eigenvalue weighted by molar-refractivity contribution is -0.114. The van der Waals surface area contributed by atoms with E-state index < -0.39 is 17.8 Å². The lowest BCUT2D eigenvalue weighted by Gasteiger charge is -2.12. The molecule has 3 amide bonds. The second-order valence-electron chi connectivity index (χ2n) is 10.2. The van der Waals surface area contributed by atoms with Gasteiger partial charge in [0.05, 0.1) is 22.0 Å². The van der Waals surface area contributed by atoms with Crippen LogP contribution in [0.2, 0.25) is 5.02 Å². The molecule has 0 aliphatic rings. The third-order valence-corrected chi connectivity index (χ3v) is 8.17. The van der Waals surface area contributed by atoms with Gasteiger partial charge in [-0.2, -0.15) is 0 Å². The zero-order valence-electron chi connectivity index (χ0n) is 24.8. The molecule has 0 spiro atoms. The number of thioether (sulfide) groups is 1. The molecule has 0 aromatic heterocycles. The topological polar surface area (TPSA) is 125 Å². The number of carboxylic acid groups (broad SMARTS) is 1. The highest BCUT2D eigenvalue weighted by molar-refractivity contribution is 8.00. The second kappa shape index (κ2) is 15.6. The van der Waals surface area contributed by atoms with Gasteiger partial charge in [-0.15, -0.1) is 11.8 Å². The molecule has 0 fully saturated rings. The van der Waals surface area contributed by atoms with Crippen LogP contribution in [-0.2, 0) is 9.59 Å². The van der Waals surface area contributed by atoms with Crippen molar-refractivity contribution in [1.29, 1.82) is 0 Å². The molecule has 0 atom stereocenters. The Morgan fingerprint density at radius 3 is 2.00 bits per heavy atom. The predicted molar refractivity (Wildman–Crippen MR) is 187 cm³/mol. The zero-order valence-corrected chi connectivity index (χ0v) is 26.3. The molecule has 0 saturated carbocycles. The Hall–Kier alpha value is -5.64. The van der Waals surface area contributed by atoms with E-state index in [1.165, 1.54) is 30.0 Å². The maximum Gasteiger partial charge on any atom is 0.335 e. The van der Waals surface area contributed by atoms with Gasteiger partial charge in [-0.3, -0.25) is 14.4 Å². The minimum absolute atomic E-state index is 0.00795. The average Bonchev–Trinajstić information content (AvgIpc) is 3.09. The van der Waals surface area contributed by atoms with Crippen molar-refractivity contribution in [3.8, 4) is 11.1 Å². The normalized spacial score (nSPS) is 11.0. The summed E-state index contributed by atoms with van der Waals surface area (Å²) >= 11 is 7.35. The van der Waals surface area contributed by atoms with Crippen molar-refractivity contribution in [1.82, 2.24) is 5.32 Å². The zero-order chi connectivity index (χ0) is 33.2. The van der Waals surface area contributed by atoms with Crippen molar-refractivity contribution in [3.63, 3.8) is 0 Å². The Balaban J connectivity index is 1.25. The molecule has 0 aliphatic carbocycles. The fraction of sp³-hybridized carbons (Fsp3) is 0.0270. The number of nitrogens with one attached hydrogen (secondary N) is 3. The van der Waals surface area contributed by atoms with Crippen LogP contribution < -0.4 is 16.0 Å². The fourth-order valence-corrected chi connectivity index (χ4v) is 5.30. The minimum Gasteiger partial charge on any atom is -0.478 e. The van der Waals surface area contributed by atoms with Crippen LogP contribution in [0.15, 0.2) is 138 Å². The van der Waals surface area contributed by atoms with Crippen molar-refractivity contribution in [2.45, 2.75) is 4.90 Å². The number of anilines is 2. The Morgan fingerprint density at radius 1 is 0.702 bits per heavy atom.